The summed E-state index contributed by atoms with van der Waals surface area (Å²) in [5.41, 5.74) is 1.10. The molecule has 1 aliphatic carbocycles. The zero-order valence-electron chi connectivity index (χ0n) is 11.4. The number of amides is 1. The van der Waals surface area contributed by atoms with Crippen molar-refractivity contribution in [2.45, 2.75) is 32.0 Å². The van der Waals surface area contributed by atoms with Crippen LogP contribution in [0.15, 0.2) is 24.3 Å². The highest BCUT2D eigenvalue weighted by Crippen LogP contribution is 2.35. The molecule has 2 aliphatic rings. The molecule has 1 aliphatic heterocycles. The first-order valence-corrected chi connectivity index (χ1v) is 6.89. The summed E-state index contributed by atoms with van der Waals surface area (Å²) < 4.78 is 5.27. The molecule has 1 aromatic rings. The molecular formula is C15H20N2O2. The molecule has 0 aromatic heterocycles. The largest absolute Gasteiger partial charge is 0.497 e. The van der Waals surface area contributed by atoms with Crippen LogP contribution in [0.5, 0.6) is 5.75 Å². The van der Waals surface area contributed by atoms with E-state index < -0.39 is 0 Å². The Labute approximate surface area is 113 Å². The second-order valence-electron chi connectivity index (χ2n) is 5.50. The summed E-state index contributed by atoms with van der Waals surface area (Å²) in [6.07, 6.45) is 2.49. The molecule has 4 heteroatoms. The first-order valence-electron chi connectivity index (χ1n) is 6.89. The van der Waals surface area contributed by atoms with E-state index in [4.69, 9.17) is 4.74 Å². The van der Waals surface area contributed by atoms with E-state index in [0.29, 0.717) is 5.92 Å². The Hall–Kier alpha value is -1.55. The van der Waals surface area contributed by atoms with Crippen molar-refractivity contribution in [2.75, 3.05) is 13.7 Å². The van der Waals surface area contributed by atoms with Crippen molar-refractivity contribution in [3.05, 3.63) is 29.8 Å². The fraction of sp³-hybridized carbons (Fsp3) is 0.533. The van der Waals surface area contributed by atoms with Gasteiger partial charge in [0.05, 0.1) is 13.2 Å². The minimum atomic E-state index is -0.102. The van der Waals surface area contributed by atoms with Crippen LogP contribution in [-0.4, -0.2) is 30.5 Å². The van der Waals surface area contributed by atoms with Gasteiger partial charge >= 0.3 is 0 Å². The molecule has 2 fully saturated rings. The fourth-order valence-electron chi connectivity index (χ4n) is 2.64. The standard InChI is InChI=1S/C15H20N2O2/c1-10-15(18)17(9-11-6-7-11)14(16-10)12-4-3-5-13(8-12)19-2/h3-5,8,10-11,14,16H,6-7,9H2,1-2H3. The van der Waals surface area contributed by atoms with Crippen LogP contribution in [0, 0.1) is 5.92 Å². The zero-order chi connectivity index (χ0) is 13.4. The molecule has 0 spiro atoms. The van der Waals surface area contributed by atoms with Gasteiger partial charge in [-0.25, -0.2) is 0 Å². The Bertz CT molecular complexity index is 485. The fourth-order valence-corrected chi connectivity index (χ4v) is 2.64. The molecule has 1 saturated carbocycles. The monoisotopic (exact) mass is 260 g/mol. The van der Waals surface area contributed by atoms with Crippen LogP contribution in [0.3, 0.4) is 0 Å². The van der Waals surface area contributed by atoms with Gasteiger partial charge in [0.15, 0.2) is 0 Å². The molecule has 3 rings (SSSR count). The van der Waals surface area contributed by atoms with Crippen molar-refractivity contribution in [1.29, 1.82) is 0 Å². The number of rotatable bonds is 4. The normalized spacial score (nSPS) is 26.8. The number of benzene rings is 1. The molecule has 1 amide bonds. The molecular weight excluding hydrogens is 240 g/mol. The summed E-state index contributed by atoms with van der Waals surface area (Å²) >= 11 is 0. The van der Waals surface area contributed by atoms with Crippen LogP contribution in [0.25, 0.3) is 0 Å². The summed E-state index contributed by atoms with van der Waals surface area (Å²) in [6.45, 7) is 2.81. The molecule has 1 heterocycles. The van der Waals surface area contributed by atoms with Gasteiger partial charge in [-0.05, 0) is 43.4 Å². The third-order valence-corrected chi connectivity index (χ3v) is 3.93. The lowest BCUT2D eigenvalue weighted by molar-refractivity contribution is -0.130. The van der Waals surface area contributed by atoms with Crippen LogP contribution in [0.1, 0.15) is 31.5 Å². The van der Waals surface area contributed by atoms with E-state index in [-0.39, 0.29) is 18.1 Å². The summed E-state index contributed by atoms with van der Waals surface area (Å²) in [5.74, 6) is 1.74. The number of ether oxygens (including phenoxy) is 1. The lowest BCUT2D eigenvalue weighted by atomic mass is 10.1. The summed E-state index contributed by atoms with van der Waals surface area (Å²) in [5, 5.41) is 3.38. The molecule has 0 bridgehead atoms. The predicted molar refractivity (Wildman–Crippen MR) is 72.8 cm³/mol. The Balaban J connectivity index is 1.85. The number of carbonyl (C=O) groups is 1. The Kier molecular flexibility index (Phi) is 3.19. The SMILES string of the molecule is COc1cccc(C2NC(C)C(=O)N2CC2CC2)c1. The summed E-state index contributed by atoms with van der Waals surface area (Å²) in [6, 6.07) is 7.84. The van der Waals surface area contributed by atoms with Crippen LogP contribution < -0.4 is 10.1 Å². The maximum Gasteiger partial charge on any atom is 0.241 e. The molecule has 102 valence electrons. The highest BCUT2D eigenvalue weighted by Gasteiger charge is 2.39. The minimum absolute atomic E-state index is 0.0156. The average molecular weight is 260 g/mol. The molecule has 1 saturated heterocycles. The molecule has 1 N–H and O–H groups in total. The van der Waals surface area contributed by atoms with E-state index in [1.807, 2.05) is 36.1 Å². The van der Waals surface area contributed by atoms with Crippen molar-refractivity contribution in [3.8, 4) is 5.75 Å². The van der Waals surface area contributed by atoms with E-state index in [2.05, 4.69) is 5.32 Å². The van der Waals surface area contributed by atoms with E-state index in [1.54, 1.807) is 7.11 Å². The van der Waals surface area contributed by atoms with Crippen LogP contribution >= 0.6 is 0 Å². The predicted octanol–water partition coefficient (Wildman–Crippen LogP) is 1.92. The zero-order valence-corrected chi connectivity index (χ0v) is 11.4. The number of hydrogen-bond acceptors (Lipinski definition) is 3. The van der Waals surface area contributed by atoms with Gasteiger partial charge < -0.3 is 9.64 Å². The first kappa shape index (κ1) is 12.5. The van der Waals surface area contributed by atoms with Gasteiger partial charge in [0.25, 0.3) is 0 Å². The molecule has 19 heavy (non-hydrogen) atoms. The third kappa shape index (κ3) is 2.45. The first-order chi connectivity index (χ1) is 9.19. The van der Waals surface area contributed by atoms with Crippen LogP contribution in [0.2, 0.25) is 0 Å². The van der Waals surface area contributed by atoms with Gasteiger partial charge in [0, 0.05) is 6.54 Å². The van der Waals surface area contributed by atoms with Gasteiger partial charge in [0.1, 0.15) is 11.9 Å². The summed E-state index contributed by atoms with van der Waals surface area (Å²) in [4.78, 5) is 14.2. The number of nitrogens with one attached hydrogen (secondary N) is 1. The molecule has 1 aromatic carbocycles. The van der Waals surface area contributed by atoms with Crippen molar-refractivity contribution in [1.82, 2.24) is 10.2 Å². The minimum Gasteiger partial charge on any atom is -0.497 e. The van der Waals surface area contributed by atoms with E-state index in [0.717, 1.165) is 17.9 Å². The van der Waals surface area contributed by atoms with E-state index in [9.17, 15) is 4.79 Å². The molecule has 2 atom stereocenters. The summed E-state index contributed by atoms with van der Waals surface area (Å²) in [7, 11) is 1.66. The van der Waals surface area contributed by atoms with Gasteiger partial charge in [-0.3, -0.25) is 10.1 Å². The lowest BCUT2D eigenvalue weighted by Gasteiger charge is -2.24. The van der Waals surface area contributed by atoms with Gasteiger partial charge in [-0.15, -0.1) is 0 Å². The average Bonchev–Trinajstić information content (AvgIpc) is 3.21. The highest BCUT2D eigenvalue weighted by atomic mass is 16.5. The second-order valence-corrected chi connectivity index (χ2v) is 5.50. The van der Waals surface area contributed by atoms with E-state index >= 15 is 0 Å². The van der Waals surface area contributed by atoms with Gasteiger partial charge in [-0.2, -0.15) is 0 Å². The highest BCUT2D eigenvalue weighted by molar-refractivity contribution is 5.84. The number of hydrogen-bond donors (Lipinski definition) is 1. The number of methoxy groups -OCH3 is 1. The molecule has 2 unspecified atom stereocenters. The second kappa shape index (κ2) is 4.85. The Morgan fingerprint density at radius 2 is 2.21 bits per heavy atom. The quantitative estimate of drug-likeness (QED) is 0.899. The molecule has 0 radical (unpaired) electrons. The van der Waals surface area contributed by atoms with Crippen molar-refractivity contribution in [3.63, 3.8) is 0 Å². The van der Waals surface area contributed by atoms with Gasteiger partial charge in [0.2, 0.25) is 5.91 Å². The molecule has 4 nitrogen and oxygen atoms in total. The maximum atomic E-state index is 12.2. The lowest BCUT2D eigenvalue weighted by Crippen LogP contribution is -2.32. The van der Waals surface area contributed by atoms with Crippen molar-refractivity contribution >= 4 is 5.91 Å². The Morgan fingerprint density at radius 1 is 1.42 bits per heavy atom. The van der Waals surface area contributed by atoms with Gasteiger partial charge in [-0.1, -0.05) is 12.1 Å². The Morgan fingerprint density at radius 3 is 2.89 bits per heavy atom. The van der Waals surface area contributed by atoms with Crippen molar-refractivity contribution in [2.24, 2.45) is 5.92 Å². The maximum absolute atomic E-state index is 12.2. The van der Waals surface area contributed by atoms with Crippen LogP contribution in [-0.2, 0) is 4.79 Å². The topological polar surface area (TPSA) is 41.6 Å². The van der Waals surface area contributed by atoms with Crippen molar-refractivity contribution < 1.29 is 9.53 Å². The smallest absolute Gasteiger partial charge is 0.241 e. The number of nitrogens with zero attached hydrogens (tertiary/aromatic N) is 1. The van der Waals surface area contributed by atoms with E-state index in [1.165, 1.54) is 12.8 Å². The van der Waals surface area contributed by atoms with Crippen LogP contribution in [0.4, 0.5) is 0 Å². The third-order valence-electron chi connectivity index (χ3n) is 3.93. The number of carbonyl (C=O) groups excluding carboxylic acids is 1.